The van der Waals surface area contributed by atoms with E-state index in [4.69, 9.17) is 4.74 Å². The van der Waals surface area contributed by atoms with E-state index in [1.165, 1.54) is 12.1 Å². The first kappa shape index (κ1) is 19.3. The van der Waals surface area contributed by atoms with Gasteiger partial charge >= 0.3 is 6.18 Å². The van der Waals surface area contributed by atoms with Crippen LogP contribution in [0.5, 0.6) is 5.75 Å². The highest BCUT2D eigenvalue weighted by atomic mass is 19.4. The summed E-state index contributed by atoms with van der Waals surface area (Å²) in [5.41, 5.74) is -0.919. The zero-order valence-corrected chi connectivity index (χ0v) is 13.8. The van der Waals surface area contributed by atoms with Crippen molar-refractivity contribution in [1.82, 2.24) is 10.2 Å². The number of nitrogens with zero attached hydrogens (tertiary/aromatic N) is 1. The highest BCUT2D eigenvalue weighted by Crippen LogP contribution is 2.31. The molecule has 0 heterocycles. The monoisotopic (exact) mass is 332 g/mol. The number of nitrogens with one attached hydrogen (secondary N) is 1. The van der Waals surface area contributed by atoms with Crippen molar-refractivity contribution in [3.8, 4) is 5.75 Å². The van der Waals surface area contributed by atoms with Crippen LogP contribution in [0.3, 0.4) is 0 Å². The van der Waals surface area contributed by atoms with Gasteiger partial charge in [-0.05, 0) is 37.7 Å². The molecule has 0 unspecified atom stereocenters. The first-order valence-corrected chi connectivity index (χ1v) is 7.21. The van der Waals surface area contributed by atoms with Crippen LogP contribution in [0.2, 0.25) is 0 Å². The average molecular weight is 332 g/mol. The second kappa shape index (κ2) is 7.68. The van der Waals surface area contributed by atoms with Gasteiger partial charge in [0.15, 0.2) is 6.61 Å². The molecule has 7 heteroatoms. The fourth-order valence-electron chi connectivity index (χ4n) is 2.21. The third kappa shape index (κ3) is 7.36. The summed E-state index contributed by atoms with van der Waals surface area (Å²) in [6, 6.07) is 4.47. The van der Waals surface area contributed by atoms with E-state index in [9.17, 15) is 18.0 Å². The van der Waals surface area contributed by atoms with Crippen LogP contribution in [0, 0.1) is 5.41 Å². The Morgan fingerprint density at radius 1 is 1.26 bits per heavy atom. The predicted molar refractivity (Wildman–Crippen MR) is 82.3 cm³/mol. The van der Waals surface area contributed by atoms with E-state index in [2.05, 4.69) is 5.32 Å². The van der Waals surface area contributed by atoms with Crippen LogP contribution in [0.15, 0.2) is 24.3 Å². The van der Waals surface area contributed by atoms with Gasteiger partial charge in [0.2, 0.25) is 0 Å². The minimum absolute atomic E-state index is 0.0162. The maximum atomic E-state index is 12.6. The number of alkyl halides is 3. The molecule has 0 atom stereocenters. The molecule has 1 N–H and O–H groups in total. The lowest BCUT2D eigenvalue weighted by molar-refractivity contribution is -0.137. The first-order chi connectivity index (χ1) is 10.5. The molecule has 130 valence electrons. The van der Waals surface area contributed by atoms with E-state index >= 15 is 0 Å². The van der Waals surface area contributed by atoms with Gasteiger partial charge in [0.1, 0.15) is 5.75 Å². The largest absolute Gasteiger partial charge is 0.484 e. The molecule has 0 radical (unpaired) electrons. The number of benzene rings is 1. The SMILES string of the molecule is CN(C)CC(C)(C)CNC(=O)COc1cccc(C(F)(F)F)c1. The lowest BCUT2D eigenvalue weighted by Gasteiger charge is -2.28. The van der Waals surface area contributed by atoms with Gasteiger partial charge in [-0.2, -0.15) is 13.2 Å². The van der Waals surface area contributed by atoms with Gasteiger partial charge in [0.05, 0.1) is 5.56 Å². The van der Waals surface area contributed by atoms with Gasteiger partial charge < -0.3 is 15.0 Å². The highest BCUT2D eigenvalue weighted by Gasteiger charge is 2.30. The van der Waals surface area contributed by atoms with E-state index in [1.54, 1.807) is 0 Å². The molecular weight excluding hydrogens is 309 g/mol. The van der Waals surface area contributed by atoms with Crippen molar-refractivity contribution in [3.05, 3.63) is 29.8 Å². The number of halogens is 3. The molecule has 1 aromatic rings. The van der Waals surface area contributed by atoms with Gasteiger partial charge in [-0.15, -0.1) is 0 Å². The molecule has 23 heavy (non-hydrogen) atoms. The van der Waals surface area contributed by atoms with Gasteiger partial charge in [-0.1, -0.05) is 19.9 Å². The lowest BCUT2D eigenvalue weighted by atomic mass is 9.93. The maximum Gasteiger partial charge on any atom is 0.416 e. The summed E-state index contributed by atoms with van der Waals surface area (Å²) >= 11 is 0. The van der Waals surface area contributed by atoms with Crippen molar-refractivity contribution < 1.29 is 22.7 Å². The van der Waals surface area contributed by atoms with Crippen molar-refractivity contribution in [2.45, 2.75) is 20.0 Å². The van der Waals surface area contributed by atoms with Crippen LogP contribution in [-0.2, 0) is 11.0 Å². The summed E-state index contributed by atoms with van der Waals surface area (Å²) in [4.78, 5) is 13.8. The smallest absolute Gasteiger partial charge is 0.416 e. The molecular formula is C16H23F3N2O2. The molecule has 1 rings (SSSR count). The van der Waals surface area contributed by atoms with Crippen molar-refractivity contribution in [2.75, 3.05) is 33.8 Å². The Morgan fingerprint density at radius 3 is 2.48 bits per heavy atom. The van der Waals surface area contributed by atoms with E-state index < -0.39 is 11.7 Å². The van der Waals surface area contributed by atoms with Crippen LogP contribution in [0.1, 0.15) is 19.4 Å². The fourth-order valence-corrected chi connectivity index (χ4v) is 2.21. The molecule has 0 aliphatic rings. The second-order valence-electron chi connectivity index (χ2n) is 6.49. The van der Waals surface area contributed by atoms with Crippen LogP contribution in [-0.4, -0.2) is 44.6 Å². The van der Waals surface area contributed by atoms with Crippen molar-refractivity contribution >= 4 is 5.91 Å². The molecule has 0 saturated heterocycles. The van der Waals surface area contributed by atoms with E-state index in [0.29, 0.717) is 6.54 Å². The fraction of sp³-hybridized carbons (Fsp3) is 0.562. The molecule has 1 aromatic carbocycles. The second-order valence-corrected chi connectivity index (χ2v) is 6.49. The minimum Gasteiger partial charge on any atom is -0.484 e. The quantitative estimate of drug-likeness (QED) is 0.835. The third-order valence-electron chi connectivity index (χ3n) is 3.04. The summed E-state index contributed by atoms with van der Waals surface area (Å²) in [5, 5.41) is 2.73. The summed E-state index contributed by atoms with van der Waals surface area (Å²) < 4.78 is 42.9. The number of rotatable bonds is 7. The van der Waals surface area contributed by atoms with Crippen molar-refractivity contribution in [3.63, 3.8) is 0 Å². The number of carbonyl (C=O) groups is 1. The summed E-state index contributed by atoms with van der Waals surface area (Å²) in [6.45, 7) is 4.96. The Hall–Kier alpha value is -1.76. The lowest BCUT2D eigenvalue weighted by Crippen LogP contribution is -2.41. The van der Waals surface area contributed by atoms with Crippen molar-refractivity contribution in [1.29, 1.82) is 0 Å². The average Bonchev–Trinajstić information content (AvgIpc) is 2.41. The van der Waals surface area contributed by atoms with Gasteiger partial charge in [-0.3, -0.25) is 4.79 Å². The maximum absolute atomic E-state index is 12.6. The number of hydrogen-bond donors (Lipinski definition) is 1. The molecule has 4 nitrogen and oxygen atoms in total. The Kier molecular flexibility index (Phi) is 6.44. The van der Waals surface area contributed by atoms with Crippen LogP contribution in [0.4, 0.5) is 13.2 Å². The summed E-state index contributed by atoms with van der Waals surface area (Å²) in [7, 11) is 3.89. The minimum atomic E-state index is -4.43. The molecule has 0 bridgehead atoms. The highest BCUT2D eigenvalue weighted by molar-refractivity contribution is 5.77. The Labute approximate surface area is 134 Å². The van der Waals surface area contributed by atoms with Crippen LogP contribution >= 0.6 is 0 Å². The zero-order chi connectivity index (χ0) is 17.7. The zero-order valence-electron chi connectivity index (χ0n) is 13.8. The first-order valence-electron chi connectivity index (χ1n) is 7.21. The van der Waals surface area contributed by atoms with Crippen LogP contribution in [0.25, 0.3) is 0 Å². The number of amides is 1. The van der Waals surface area contributed by atoms with Gasteiger partial charge in [0, 0.05) is 13.1 Å². The summed E-state index contributed by atoms with van der Waals surface area (Å²) in [5.74, 6) is -0.350. The number of hydrogen-bond acceptors (Lipinski definition) is 3. The molecule has 0 aliphatic carbocycles. The number of carbonyl (C=O) groups excluding carboxylic acids is 1. The molecule has 0 aromatic heterocycles. The molecule has 0 aliphatic heterocycles. The Balaban J connectivity index is 2.48. The van der Waals surface area contributed by atoms with Gasteiger partial charge in [0.25, 0.3) is 5.91 Å². The summed E-state index contributed by atoms with van der Waals surface area (Å²) in [6.07, 6.45) is -4.43. The third-order valence-corrected chi connectivity index (χ3v) is 3.04. The van der Waals surface area contributed by atoms with Crippen molar-refractivity contribution in [2.24, 2.45) is 5.41 Å². The standard InChI is InChI=1S/C16H23F3N2O2/c1-15(2,11-21(3)4)10-20-14(22)9-23-13-7-5-6-12(8-13)16(17,18)19/h5-8H,9-11H2,1-4H3,(H,20,22). The topological polar surface area (TPSA) is 41.6 Å². The van der Waals surface area contributed by atoms with E-state index in [-0.39, 0.29) is 23.7 Å². The number of ether oxygens (including phenoxy) is 1. The molecule has 0 saturated carbocycles. The molecule has 0 fully saturated rings. The molecule has 1 amide bonds. The van der Waals surface area contributed by atoms with Crippen LogP contribution < -0.4 is 10.1 Å². The van der Waals surface area contributed by atoms with E-state index in [0.717, 1.165) is 18.7 Å². The molecule has 0 spiro atoms. The van der Waals surface area contributed by atoms with E-state index in [1.807, 2.05) is 32.8 Å². The predicted octanol–water partition coefficient (Wildman–Crippen LogP) is 2.79. The van der Waals surface area contributed by atoms with Gasteiger partial charge in [-0.25, -0.2) is 0 Å². The Bertz CT molecular complexity index is 528. The normalized spacial score (nSPS) is 12.3. The Morgan fingerprint density at radius 2 is 1.91 bits per heavy atom.